The van der Waals surface area contributed by atoms with E-state index in [1.54, 1.807) is 12.1 Å². The lowest BCUT2D eigenvalue weighted by Gasteiger charge is -2.23. The number of fused-ring (bicyclic) bond motifs is 1. The number of alkyl halides is 2. The number of aromatic nitrogens is 1. The second kappa shape index (κ2) is 11.8. The highest BCUT2D eigenvalue weighted by molar-refractivity contribution is 6.18. The maximum Gasteiger partial charge on any atom is 0.323 e. The summed E-state index contributed by atoms with van der Waals surface area (Å²) in [4.78, 5) is 19.1. The van der Waals surface area contributed by atoms with Gasteiger partial charge in [0.2, 0.25) is 0 Å². The summed E-state index contributed by atoms with van der Waals surface area (Å²) in [5, 5.41) is 6.62. The third-order valence-electron chi connectivity index (χ3n) is 5.35. The van der Waals surface area contributed by atoms with Crippen LogP contribution in [0, 0.1) is 6.92 Å². The molecule has 4 aromatic rings. The lowest BCUT2D eigenvalue weighted by atomic mass is 10.2. The number of benzene rings is 3. The van der Waals surface area contributed by atoms with Crippen LogP contribution in [0.3, 0.4) is 0 Å². The summed E-state index contributed by atoms with van der Waals surface area (Å²) in [7, 11) is 0. The predicted molar refractivity (Wildman–Crippen MR) is 146 cm³/mol. The van der Waals surface area contributed by atoms with Crippen LogP contribution in [0.4, 0.5) is 21.9 Å². The summed E-state index contributed by atoms with van der Waals surface area (Å²) in [5.74, 6) is 2.44. The van der Waals surface area contributed by atoms with E-state index in [-0.39, 0.29) is 6.03 Å². The van der Waals surface area contributed by atoms with Crippen molar-refractivity contribution >= 4 is 57.2 Å². The fourth-order valence-corrected chi connectivity index (χ4v) is 4.12. The Morgan fingerprint density at radius 2 is 1.49 bits per heavy atom. The summed E-state index contributed by atoms with van der Waals surface area (Å²) in [6.45, 7) is 3.35. The van der Waals surface area contributed by atoms with E-state index < -0.39 is 0 Å². The van der Waals surface area contributed by atoms with Crippen LogP contribution in [0.25, 0.3) is 10.9 Å². The normalized spacial score (nSPS) is 10.7. The Balaban J connectivity index is 1.36. The quantitative estimate of drug-likeness (QED) is 0.233. The molecule has 1 heterocycles. The van der Waals surface area contributed by atoms with Crippen LogP contribution in [0.5, 0.6) is 11.5 Å². The number of hydrogen-bond acceptors (Lipinski definition) is 4. The fourth-order valence-electron chi connectivity index (χ4n) is 3.71. The van der Waals surface area contributed by atoms with Crippen molar-refractivity contribution in [3.05, 3.63) is 84.6 Å². The van der Waals surface area contributed by atoms with E-state index in [1.807, 2.05) is 73.7 Å². The monoisotopic (exact) mass is 508 g/mol. The molecule has 8 heteroatoms. The first-order valence-electron chi connectivity index (χ1n) is 11.2. The number of carbonyl (C=O) groups is 1. The Bertz CT molecular complexity index is 1270. The topological polar surface area (TPSA) is 66.5 Å². The van der Waals surface area contributed by atoms with Crippen molar-refractivity contribution in [2.75, 3.05) is 40.4 Å². The number of ether oxygens (including phenoxy) is 1. The number of rotatable bonds is 9. The van der Waals surface area contributed by atoms with E-state index in [1.165, 1.54) is 0 Å². The number of nitrogens with zero attached hydrogens (tertiary/aromatic N) is 2. The van der Waals surface area contributed by atoms with Crippen molar-refractivity contribution in [1.29, 1.82) is 0 Å². The summed E-state index contributed by atoms with van der Waals surface area (Å²) in [5.41, 5.74) is 4.11. The highest BCUT2D eigenvalue weighted by Gasteiger charge is 2.09. The van der Waals surface area contributed by atoms with Gasteiger partial charge in [0.05, 0.1) is 5.52 Å². The zero-order valence-corrected chi connectivity index (χ0v) is 20.8. The molecule has 0 aliphatic heterocycles. The number of aryl methyl sites for hydroxylation is 1. The van der Waals surface area contributed by atoms with Gasteiger partial charge >= 0.3 is 6.03 Å². The molecule has 4 rings (SSSR count). The minimum Gasteiger partial charge on any atom is -0.457 e. The Labute approximate surface area is 214 Å². The number of carbonyl (C=O) groups excluding carboxylic acids is 1. The number of para-hydroxylation sites is 1. The van der Waals surface area contributed by atoms with Crippen molar-refractivity contribution in [3.63, 3.8) is 0 Å². The number of halogens is 2. The number of urea groups is 1. The van der Waals surface area contributed by atoms with Crippen LogP contribution in [-0.2, 0) is 0 Å². The van der Waals surface area contributed by atoms with E-state index >= 15 is 0 Å². The molecule has 6 nitrogen and oxygen atoms in total. The lowest BCUT2D eigenvalue weighted by Crippen LogP contribution is -2.27. The third-order valence-corrected chi connectivity index (χ3v) is 5.68. The standard InChI is InChI=1S/C27H26Cl2N4O2/c1-19-18-26(24-4-2-3-5-25(24)30-19)35-23-12-8-21(9-13-23)32-27(34)31-20-6-10-22(11-7-20)33(16-14-28)17-15-29/h2-13,18H,14-17H2,1H3,(H2,31,32,34). The molecule has 3 aromatic carbocycles. The predicted octanol–water partition coefficient (Wildman–Crippen LogP) is 7.26. The Morgan fingerprint density at radius 1 is 0.886 bits per heavy atom. The van der Waals surface area contributed by atoms with Crippen molar-refractivity contribution in [2.45, 2.75) is 6.92 Å². The number of nitrogens with one attached hydrogen (secondary N) is 2. The molecule has 0 radical (unpaired) electrons. The van der Waals surface area contributed by atoms with Crippen LogP contribution in [-0.4, -0.2) is 35.9 Å². The van der Waals surface area contributed by atoms with Crippen molar-refractivity contribution in [2.24, 2.45) is 0 Å². The van der Waals surface area contributed by atoms with Gasteiger partial charge < -0.3 is 20.3 Å². The average Bonchev–Trinajstić information content (AvgIpc) is 2.85. The van der Waals surface area contributed by atoms with Gasteiger partial charge in [-0.3, -0.25) is 4.98 Å². The van der Waals surface area contributed by atoms with E-state index in [9.17, 15) is 4.79 Å². The molecule has 1 aromatic heterocycles. The van der Waals surface area contributed by atoms with Crippen molar-refractivity contribution < 1.29 is 9.53 Å². The molecular weight excluding hydrogens is 483 g/mol. The molecule has 2 amide bonds. The molecule has 0 aliphatic carbocycles. The van der Waals surface area contributed by atoms with Gasteiger partial charge in [-0.2, -0.15) is 0 Å². The molecule has 0 atom stereocenters. The van der Waals surface area contributed by atoms with Crippen molar-refractivity contribution in [3.8, 4) is 11.5 Å². The molecule has 0 aliphatic rings. The van der Waals surface area contributed by atoms with Crippen molar-refractivity contribution in [1.82, 2.24) is 4.98 Å². The van der Waals surface area contributed by atoms with Crippen LogP contribution in [0.2, 0.25) is 0 Å². The Hall–Kier alpha value is -3.48. The highest BCUT2D eigenvalue weighted by atomic mass is 35.5. The van der Waals surface area contributed by atoms with Gasteiger partial charge in [-0.15, -0.1) is 23.2 Å². The van der Waals surface area contributed by atoms with Gasteiger partial charge in [-0.05, 0) is 67.6 Å². The molecule has 35 heavy (non-hydrogen) atoms. The Morgan fingerprint density at radius 3 is 2.11 bits per heavy atom. The number of pyridine rings is 1. The average molecular weight is 509 g/mol. The van der Waals surface area contributed by atoms with Crippen LogP contribution >= 0.6 is 23.2 Å². The molecule has 2 N–H and O–H groups in total. The maximum atomic E-state index is 12.5. The zero-order valence-electron chi connectivity index (χ0n) is 19.3. The van der Waals surface area contributed by atoms with E-state index in [2.05, 4.69) is 20.5 Å². The van der Waals surface area contributed by atoms with Crippen LogP contribution in [0.15, 0.2) is 78.9 Å². The second-order valence-corrected chi connectivity index (χ2v) is 8.65. The zero-order chi connectivity index (χ0) is 24.6. The minimum atomic E-state index is -0.333. The summed E-state index contributed by atoms with van der Waals surface area (Å²) in [6.07, 6.45) is 0. The largest absolute Gasteiger partial charge is 0.457 e. The third kappa shape index (κ3) is 6.56. The van der Waals surface area contributed by atoms with Gasteiger partial charge in [-0.1, -0.05) is 12.1 Å². The maximum absolute atomic E-state index is 12.5. The first-order valence-corrected chi connectivity index (χ1v) is 12.3. The van der Waals surface area contributed by atoms with Gasteiger partial charge in [-0.25, -0.2) is 4.79 Å². The lowest BCUT2D eigenvalue weighted by molar-refractivity contribution is 0.262. The number of hydrogen-bond donors (Lipinski definition) is 2. The number of anilines is 3. The number of amides is 2. The SMILES string of the molecule is Cc1cc(Oc2ccc(NC(=O)Nc3ccc(N(CCCl)CCCl)cc3)cc2)c2ccccc2n1. The summed E-state index contributed by atoms with van der Waals surface area (Å²) in [6, 6.07) is 24.2. The first kappa shape index (κ1) is 24.6. The van der Waals surface area contributed by atoms with Gasteiger partial charge in [0.15, 0.2) is 0 Å². The van der Waals surface area contributed by atoms with E-state index in [0.29, 0.717) is 42.0 Å². The van der Waals surface area contributed by atoms with Gasteiger partial charge in [0.25, 0.3) is 0 Å². The molecule has 0 bridgehead atoms. The smallest absolute Gasteiger partial charge is 0.323 e. The molecule has 0 saturated carbocycles. The fraction of sp³-hybridized carbons (Fsp3) is 0.185. The molecule has 0 spiro atoms. The minimum absolute atomic E-state index is 0.333. The van der Waals surface area contributed by atoms with E-state index in [0.717, 1.165) is 28.0 Å². The Kier molecular flexibility index (Phi) is 8.29. The summed E-state index contributed by atoms with van der Waals surface area (Å²) < 4.78 is 6.10. The molecule has 180 valence electrons. The molecule has 0 fully saturated rings. The first-order chi connectivity index (χ1) is 17.1. The highest BCUT2D eigenvalue weighted by Crippen LogP contribution is 2.30. The molecular formula is C27H26Cl2N4O2. The van der Waals surface area contributed by atoms with Gasteiger partial charge in [0.1, 0.15) is 11.5 Å². The molecule has 0 unspecified atom stereocenters. The summed E-state index contributed by atoms with van der Waals surface area (Å²) >= 11 is 11.8. The van der Waals surface area contributed by atoms with Crippen LogP contribution in [0.1, 0.15) is 5.69 Å². The molecule has 0 saturated heterocycles. The van der Waals surface area contributed by atoms with Crippen LogP contribution < -0.4 is 20.3 Å². The van der Waals surface area contributed by atoms with Gasteiger partial charge in [0, 0.05) is 59.1 Å². The second-order valence-electron chi connectivity index (χ2n) is 7.90. The van der Waals surface area contributed by atoms with E-state index in [4.69, 9.17) is 27.9 Å².